The second-order valence-electron chi connectivity index (χ2n) is 8.07. The minimum atomic E-state index is 0. The summed E-state index contributed by atoms with van der Waals surface area (Å²) in [5.41, 5.74) is 4.13. The van der Waals surface area contributed by atoms with E-state index in [1.165, 1.54) is 42.4 Å². The Balaban J connectivity index is 0.00000480. The Hall–Kier alpha value is -1.46. The van der Waals surface area contributed by atoms with Gasteiger partial charge in [0.2, 0.25) is 0 Å². The van der Waals surface area contributed by atoms with E-state index in [0.29, 0.717) is 5.92 Å². The van der Waals surface area contributed by atoms with Crippen LogP contribution < -0.4 is 20.1 Å². The van der Waals surface area contributed by atoms with Crippen LogP contribution in [0.25, 0.3) is 0 Å². The minimum absolute atomic E-state index is 0. The number of hydrogen-bond acceptors (Lipinski definition) is 4. The molecule has 0 spiro atoms. The van der Waals surface area contributed by atoms with Crippen molar-refractivity contribution in [2.75, 3.05) is 40.4 Å². The van der Waals surface area contributed by atoms with Gasteiger partial charge in [-0.3, -0.25) is 0 Å². The Labute approximate surface area is 207 Å². The van der Waals surface area contributed by atoms with Crippen molar-refractivity contribution in [3.05, 3.63) is 59.2 Å². The normalized spacial score (nSPS) is 11.2. The first-order valence-corrected chi connectivity index (χ1v) is 11.3. The summed E-state index contributed by atoms with van der Waals surface area (Å²) < 4.78 is 10.7. The van der Waals surface area contributed by atoms with Crippen LogP contribution in [0.4, 0.5) is 0 Å². The highest BCUT2D eigenvalue weighted by molar-refractivity contribution is 5.85. The van der Waals surface area contributed by atoms with E-state index in [-0.39, 0.29) is 24.8 Å². The lowest BCUT2D eigenvalue weighted by Gasteiger charge is -2.15. The number of rotatable bonds is 15. The highest BCUT2D eigenvalue weighted by Gasteiger charge is 2.07. The Morgan fingerprint density at radius 1 is 0.781 bits per heavy atom. The molecule has 0 radical (unpaired) electrons. The van der Waals surface area contributed by atoms with Crippen molar-refractivity contribution in [2.24, 2.45) is 0 Å². The van der Waals surface area contributed by atoms with Crippen molar-refractivity contribution >= 4 is 24.8 Å². The van der Waals surface area contributed by atoms with Crippen molar-refractivity contribution < 1.29 is 9.47 Å². The van der Waals surface area contributed by atoms with Gasteiger partial charge >= 0.3 is 0 Å². The van der Waals surface area contributed by atoms with Crippen LogP contribution in [0.5, 0.6) is 11.5 Å². The van der Waals surface area contributed by atoms with E-state index in [2.05, 4.69) is 60.9 Å². The first-order valence-electron chi connectivity index (χ1n) is 11.3. The Bertz CT molecular complexity index is 744. The SMILES string of the molecule is COc1ccc(CCNCCCCCCNCC(C)c2ccccc2C)cc1OC.Cl.Cl. The summed E-state index contributed by atoms with van der Waals surface area (Å²) >= 11 is 0. The zero-order valence-electron chi connectivity index (χ0n) is 20.1. The molecule has 0 aliphatic carbocycles. The molecular weight excluding hydrogens is 443 g/mol. The van der Waals surface area contributed by atoms with Crippen molar-refractivity contribution in [2.45, 2.75) is 51.9 Å². The van der Waals surface area contributed by atoms with Gasteiger partial charge < -0.3 is 20.1 Å². The number of nitrogens with one attached hydrogen (secondary N) is 2. The zero-order chi connectivity index (χ0) is 21.6. The number of benzene rings is 2. The van der Waals surface area contributed by atoms with E-state index in [0.717, 1.165) is 44.1 Å². The molecule has 0 aromatic heterocycles. The first-order chi connectivity index (χ1) is 14.7. The van der Waals surface area contributed by atoms with Gasteiger partial charge in [-0.15, -0.1) is 24.8 Å². The predicted molar refractivity (Wildman–Crippen MR) is 142 cm³/mol. The van der Waals surface area contributed by atoms with Crippen LogP contribution in [0.3, 0.4) is 0 Å². The largest absolute Gasteiger partial charge is 0.493 e. The third kappa shape index (κ3) is 10.9. The van der Waals surface area contributed by atoms with Gasteiger partial charge in [0.1, 0.15) is 0 Å². The van der Waals surface area contributed by atoms with E-state index < -0.39 is 0 Å². The van der Waals surface area contributed by atoms with E-state index >= 15 is 0 Å². The summed E-state index contributed by atoms with van der Waals surface area (Å²) in [5.74, 6) is 2.16. The number of aryl methyl sites for hydroxylation is 1. The molecule has 1 atom stereocenters. The second-order valence-corrected chi connectivity index (χ2v) is 8.07. The van der Waals surface area contributed by atoms with Crippen molar-refractivity contribution in [1.29, 1.82) is 0 Å². The molecule has 0 aliphatic rings. The van der Waals surface area contributed by atoms with Gasteiger partial charge in [0.25, 0.3) is 0 Å². The third-order valence-electron chi connectivity index (χ3n) is 5.67. The first kappa shape index (κ1) is 30.5. The molecule has 2 N–H and O–H groups in total. The van der Waals surface area contributed by atoms with Gasteiger partial charge in [-0.1, -0.05) is 50.1 Å². The smallest absolute Gasteiger partial charge is 0.160 e. The third-order valence-corrected chi connectivity index (χ3v) is 5.67. The molecule has 2 aromatic rings. The van der Waals surface area contributed by atoms with E-state index in [1.807, 2.05) is 6.07 Å². The molecule has 0 heterocycles. The van der Waals surface area contributed by atoms with Gasteiger partial charge in [-0.2, -0.15) is 0 Å². The van der Waals surface area contributed by atoms with Gasteiger partial charge in [-0.25, -0.2) is 0 Å². The average molecular weight is 486 g/mol. The summed E-state index contributed by atoms with van der Waals surface area (Å²) in [6.45, 7) is 8.76. The molecule has 1 unspecified atom stereocenters. The fraction of sp³-hybridized carbons (Fsp3) is 0.538. The molecule has 4 nitrogen and oxygen atoms in total. The molecule has 0 saturated heterocycles. The van der Waals surface area contributed by atoms with Crippen LogP contribution in [0.2, 0.25) is 0 Å². The fourth-order valence-electron chi connectivity index (χ4n) is 3.82. The lowest BCUT2D eigenvalue weighted by molar-refractivity contribution is 0.354. The molecule has 2 aromatic carbocycles. The fourth-order valence-corrected chi connectivity index (χ4v) is 3.82. The van der Waals surface area contributed by atoms with E-state index in [9.17, 15) is 0 Å². The van der Waals surface area contributed by atoms with E-state index in [4.69, 9.17) is 9.47 Å². The molecule has 6 heteroatoms. The van der Waals surface area contributed by atoms with Gasteiger partial charge in [0.05, 0.1) is 14.2 Å². The van der Waals surface area contributed by atoms with Crippen molar-refractivity contribution in [3.8, 4) is 11.5 Å². The number of ether oxygens (including phenoxy) is 2. The summed E-state index contributed by atoms with van der Waals surface area (Å²) in [5, 5.41) is 7.18. The van der Waals surface area contributed by atoms with Crippen LogP contribution in [-0.2, 0) is 6.42 Å². The summed E-state index contributed by atoms with van der Waals surface area (Å²) in [6.07, 6.45) is 6.09. The predicted octanol–water partition coefficient (Wildman–Crippen LogP) is 5.94. The van der Waals surface area contributed by atoms with Gasteiger partial charge in [0, 0.05) is 6.54 Å². The standard InChI is InChI=1S/C26H40N2O2.2ClH/c1-21-11-7-8-12-24(21)22(2)20-28-17-10-6-5-9-16-27-18-15-23-13-14-25(29-3)26(19-23)30-4;;/h7-8,11-14,19,22,27-28H,5-6,9-10,15-18,20H2,1-4H3;2*1H. The molecule has 32 heavy (non-hydrogen) atoms. The Morgan fingerprint density at radius 2 is 1.44 bits per heavy atom. The van der Waals surface area contributed by atoms with Gasteiger partial charge in [0.15, 0.2) is 11.5 Å². The molecule has 182 valence electrons. The van der Waals surface area contributed by atoms with Crippen LogP contribution >= 0.6 is 24.8 Å². The molecule has 0 aliphatic heterocycles. The Kier molecular flexibility index (Phi) is 17.2. The number of unbranched alkanes of at least 4 members (excludes halogenated alkanes) is 3. The van der Waals surface area contributed by atoms with Crippen LogP contribution in [0.1, 0.15) is 55.2 Å². The average Bonchev–Trinajstić information content (AvgIpc) is 2.77. The maximum absolute atomic E-state index is 5.37. The molecule has 0 bridgehead atoms. The van der Waals surface area contributed by atoms with Crippen molar-refractivity contribution in [3.63, 3.8) is 0 Å². The maximum Gasteiger partial charge on any atom is 0.160 e. The Morgan fingerprint density at radius 3 is 2.09 bits per heavy atom. The number of halogens is 2. The molecule has 0 amide bonds. The quantitative estimate of drug-likeness (QED) is 0.307. The summed E-state index contributed by atoms with van der Waals surface area (Å²) in [6, 6.07) is 14.9. The molecule has 0 fully saturated rings. The van der Waals surface area contributed by atoms with Crippen LogP contribution in [-0.4, -0.2) is 40.4 Å². The summed E-state index contributed by atoms with van der Waals surface area (Å²) in [7, 11) is 3.35. The lowest BCUT2D eigenvalue weighted by atomic mass is 9.96. The maximum atomic E-state index is 5.37. The molecule has 0 saturated carbocycles. The highest BCUT2D eigenvalue weighted by atomic mass is 35.5. The summed E-state index contributed by atoms with van der Waals surface area (Å²) in [4.78, 5) is 0. The van der Waals surface area contributed by atoms with Crippen LogP contribution in [0, 0.1) is 6.92 Å². The highest BCUT2D eigenvalue weighted by Crippen LogP contribution is 2.27. The minimum Gasteiger partial charge on any atom is -0.493 e. The zero-order valence-corrected chi connectivity index (χ0v) is 21.7. The second kappa shape index (κ2) is 18.0. The van der Waals surface area contributed by atoms with Crippen LogP contribution in [0.15, 0.2) is 42.5 Å². The van der Waals surface area contributed by atoms with Crippen molar-refractivity contribution in [1.82, 2.24) is 10.6 Å². The number of hydrogen-bond donors (Lipinski definition) is 2. The number of methoxy groups -OCH3 is 2. The molecular formula is C26H42Cl2N2O2. The topological polar surface area (TPSA) is 42.5 Å². The van der Waals surface area contributed by atoms with Gasteiger partial charge in [-0.05, 0) is 80.6 Å². The monoisotopic (exact) mass is 484 g/mol. The molecule has 2 rings (SSSR count). The van der Waals surface area contributed by atoms with E-state index in [1.54, 1.807) is 14.2 Å². The lowest BCUT2D eigenvalue weighted by Crippen LogP contribution is -2.22.